The predicted molar refractivity (Wildman–Crippen MR) is 133 cm³/mol. The maximum Gasteiger partial charge on any atom is 0.309 e. The van der Waals surface area contributed by atoms with Crippen molar-refractivity contribution in [1.29, 1.82) is 0 Å². The first kappa shape index (κ1) is 24.6. The number of methoxy groups -OCH3 is 2. The number of hydrogen-bond donors (Lipinski definition) is 0. The summed E-state index contributed by atoms with van der Waals surface area (Å²) in [6.45, 7) is 3.37. The molecule has 2 aromatic carbocycles. The summed E-state index contributed by atoms with van der Waals surface area (Å²) >= 11 is 0. The van der Waals surface area contributed by atoms with Crippen molar-refractivity contribution in [3.05, 3.63) is 59.2 Å². The van der Waals surface area contributed by atoms with Crippen LogP contribution in [0.2, 0.25) is 0 Å². The van der Waals surface area contributed by atoms with Gasteiger partial charge in [0.05, 0.1) is 20.1 Å². The third kappa shape index (κ3) is 5.08. The Kier molecular flexibility index (Phi) is 7.79. The van der Waals surface area contributed by atoms with Crippen LogP contribution in [0.25, 0.3) is 0 Å². The topological polar surface area (TPSA) is 51.2 Å². The Labute approximate surface area is 203 Å². The number of benzene rings is 2. The van der Waals surface area contributed by atoms with Crippen molar-refractivity contribution in [3.8, 4) is 11.5 Å². The third-order valence-corrected chi connectivity index (χ3v) is 7.55. The SMILES string of the molecule is COc1cc2c(cc1OC)C1(CCC(C(=O)OCc3ccccc3)CC1)N(CCN(C)C)CC2. The second-order valence-corrected chi connectivity index (χ2v) is 9.80. The molecule has 1 fully saturated rings. The Morgan fingerprint density at radius 1 is 1.06 bits per heavy atom. The fourth-order valence-electron chi connectivity index (χ4n) is 5.61. The van der Waals surface area contributed by atoms with E-state index in [4.69, 9.17) is 14.2 Å². The molecule has 2 aliphatic rings. The molecule has 0 atom stereocenters. The second kappa shape index (κ2) is 10.8. The Balaban J connectivity index is 1.54. The lowest BCUT2D eigenvalue weighted by Crippen LogP contribution is -2.54. The number of likely N-dealkylation sites (N-methyl/N-ethyl adjacent to an activating group) is 1. The number of ether oxygens (including phenoxy) is 3. The maximum atomic E-state index is 12.9. The molecule has 0 saturated heterocycles. The quantitative estimate of drug-likeness (QED) is 0.542. The third-order valence-electron chi connectivity index (χ3n) is 7.55. The lowest BCUT2D eigenvalue weighted by atomic mass is 9.68. The highest BCUT2D eigenvalue weighted by Crippen LogP contribution is 2.50. The normalized spacial score (nSPS) is 22.4. The molecule has 0 amide bonds. The van der Waals surface area contributed by atoms with Crippen molar-refractivity contribution in [2.75, 3.05) is 47.9 Å². The summed E-state index contributed by atoms with van der Waals surface area (Å²) in [6, 6.07) is 14.2. The van der Waals surface area contributed by atoms with Gasteiger partial charge < -0.3 is 19.1 Å². The molecule has 4 rings (SSSR count). The van der Waals surface area contributed by atoms with E-state index >= 15 is 0 Å². The van der Waals surface area contributed by atoms with Gasteiger partial charge in [-0.05, 0) is 75.0 Å². The molecular weight excluding hydrogens is 428 g/mol. The smallest absolute Gasteiger partial charge is 0.309 e. The van der Waals surface area contributed by atoms with Crippen molar-refractivity contribution < 1.29 is 19.0 Å². The van der Waals surface area contributed by atoms with E-state index in [0.717, 1.165) is 68.8 Å². The number of esters is 1. The van der Waals surface area contributed by atoms with Gasteiger partial charge in [0.1, 0.15) is 6.61 Å². The van der Waals surface area contributed by atoms with Crippen LogP contribution in [0.4, 0.5) is 0 Å². The van der Waals surface area contributed by atoms with Crippen molar-refractivity contribution >= 4 is 5.97 Å². The highest BCUT2D eigenvalue weighted by molar-refractivity contribution is 5.72. The minimum absolute atomic E-state index is 0.0458. The van der Waals surface area contributed by atoms with Gasteiger partial charge in [0.25, 0.3) is 0 Å². The van der Waals surface area contributed by atoms with E-state index in [1.54, 1.807) is 14.2 Å². The molecule has 0 bridgehead atoms. The van der Waals surface area contributed by atoms with Gasteiger partial charge in [0, 0.05) is 25.2 Å². The fourth-order valence-corrected chi connectivity index (χ4v) is 5.61. The van der Waals surface area contributed by atoms with E-state index in [2.05, 4.69) is 36.0 Å². The summed E-state index contributed by atoms with van der Waals surface area (Å²) in [5.41, 5.74) is 3.62. The standard InChI is InChI=1S/C28H38N2O4/c1-29(2)16-17-30-15-12-23-18-25(32-3)26(33-4)19-24(23)28(30)13-10-22(11-14-28)27(31)34-20-21-8-6-5-7-9-21/h5-9,18-19,22H,10-17,20H2,1-4H3. The van der Waals surface area contributed by atoms with Crippen LogP contribution >= 0.6 is 0 Å². The summed E-state index contributed by atoms with van der Waals surface area (Å²) in [7, 11) is 7.64. The molecule has 0 unspecified atom stereocenters. The Hall–Kier alpha value is -2.57. The molecule has 1 aliphatic heterocycles. The zero-order chi connectivity index (χ0) is 24.1. The molecular formula is C28H38N2O4. The molecule has 1 aliphatic carbocycles. The number of rotatable bonds is 8. The first-order chi connectivity index (χ1) is 16.5. The highest BCUT2D eigenvalue weighted by Gasteiger charge is 2.46. The van der Waals surface area contributed by atoms with E-state index in [-0.39, 0.29) is 17.4 Å². The van der Waals surface area contributed by atoms with E-state index in [1.165, 1.54) is 11.1 Å². The lowest BCUT2D eigenvalue weighted by molar-refractivity contribution is -0.152. The highest BCUT2D eigenvalue weighted by atomic mass is 16.5. The Morgan fingerprint density at radius 3 is 2.38 bits per heavy atom. The number of carbonyl (C=O) groups is 1. The number of carbonyl (C=O) groups excluding carboxylic acids is 1. The lowest BCUT2D eigenvalue weighted by Gasteiger charge is -2.52. The minimum Gasteiger partial charge on any atom is -0.493 e. The van der Waals surface area contributed by atoms with Gasteiger partial charge in [-0.25, -0.2) is 0 Å². The van der Waals surface area contributed by atoms with Crippen molar-refractivity contribution in [2.45, 2.75) is 44.2 Å². The number of hydrogen-bond acceptors (Lipinski definition) is 6. The Morgan fingerprint density at radius 2 is 1.74 bits per heavy atom. The van der Waals surface area contributed by atoms with Crippen LogP contribution in [0.5, 0.6) is 11.5 Å². The van der Waals surface area contributed by atoms with Crippen LogP contribution in [0.15, 0.2) is 42.5 Å². The number of fused-ring (bicyclic) bond motifs is 2. The minimum atomic E-state index is -0.0840. The zero-order valence-electron chi connectivity index (χ0n) is 21.0. The van der Waals surface area contributed by atoms with Crippen molar-refractivity contribution in [2.24, 2.45) is 5.92 Å². The summed E-state index contributed by atoms with van der Waals surface area (Å²) in [5.74, 6) is 1.45. The molecule has 2 aromatic rings. The molecule has 1 heterocycles. The summed E-state index contributed by atoms with van der Waals surface area (Å²) in [5, 5.41) is 0. The van der Waals surface area contributed by atoms with Crippen LogP contribution in [-0.2, 0) is 28.1 Å². The van der Waals surface area contributed by atoms with E-state index < -0.39 is 0 Å². The molecule has 184 valence electrons. The van der Waals surface area contributed by atoms with Crippen LogP contribution < -0.4 is 9.47 Å². The molecule has 0 N–H and O–H groups in total. The van der Waals surface area contributed by atoms with Crippen molar-refractivity contribution in [3.63, 3.8) is 0 Å². The van der Waals surface area contributed by atoms with Gasteiger partial charge in [-0.3, -0.25) is 9.69 Å². The van der Waals surface area contributed by atoms with E-state index in [0.29, 0.717) is 6.61 Å². The number of nitrogens with zero attached hydrogens (tertiary/aromatic N) is 2. The maximum absolute atomic E-state index is 12.9. The van der Waals surface area contributed by atoms with Crippen LogP contribution in [-0.4, -0.2) is 63.7 Å². The summed E-state index contributed by atoms with van der Waals surface area (Å²) in [4.78, 5) is 17.8. The monoisotopic (exact) mass is 466 g/mol. The molecule has 0 aromatic heterocycles. The fraction of sp³-hybridized carbons (Fsp3) is 0.536. The Bertz CT molecular complexity index is 968. The molecule has 1 saturated carbocycles. The molecule has 6 heteroatoms. The van der Waals surface area contributed by atoms with E-state index in [9.17, 15) is 4.79 Å². The van der Waals surface area contributed by atoms with E-state index in [1.807, 2.05) is 30.3 Å². The second-order valence-electron chi connectivity index (χ2n) is 9.80. The molecule has 1 spiro atoms. The first-order valence-electron chi connectivity index (χ1n) is 12.3. The van der Waals surface area contributed by atoms with Gasteiger partial charge in [-0.1, -0.05) is 30.3 Å². The van der Waals surface area contributed by atoms with Gasteiger partial charge >= 0.3 is 5.97 Å². The molecule has 34 heavy (non-hydrogen) atoms. The van der Waals surface area contributed by atoms with Gasteiger partial charge in [0.2, 0.25) is 0 Å². The van der Waals surface area contributed by atoms with Crippen LogP contribution in [0, 0.1) is 5.92 Å². The summed E-state index contributed by atoms with van der Waals surface area (Å²) < 4.78 is 17.0. The summed E-state index contributed by atoms with van der Waals surface area (Å²) in [6.07, 6.45) is 4.54. The van der Waals surface area contributed by atoms with Gasteiger partial charge in [-0.15, -0.1) is 0 Å². The predicted octanol–water partition coefficient (Wildman–Crippen LogP) is 4.25. The largest absolute Gasteiger partial charge is 0.493 e. The first-order valence-corrected chi connectivity index (χ1v) is 12.3. The van der Waals surface area contributed by atoms with Gasteiger partial charge in [0.15, 0.2) is 11.5 Å². The molecule has 6 nitrogen and oxygen atoms in total. The van der Waals surface area contributed by atoms with Crippen LogP contribution in [0.3, 0.4) is 0 Å². The zero-order valence-corrected chi connectivity index (χ0v) is 21.0. The van der Waals surface area contributed by atoms with Gasteiger partial charge in [-0.2, -0.15) is 0 Å². The molecule has 0 radical (unpaired) electrons. The van der Waals surface area contributed by atoms with Crippen LogP contribution in [0.1, 0.15) is 42.4 Å². The van der Waals surface area contributed by atoms with Crippen molar-refractivity contribution in [1.82, 2.24) is 9.80 Å². The average Bonchev–Trinajstić information content (AvgIpc) is 2.87. The average molecular weight is 467 g/mol.